The van der Waals surface area contributed by atoms with E-state index in [0.29, 0.717) is 24.6 Å². The van der Waals surface area contributed by atoms with Crippen LogP contribution in [0.3, 0.4) is 0 Å². The third-order valence-corrected chi connectivity index (χ3v) is 3.68. The fourth-order valence-corrected chi connectivity index (χ4v) is 2.64. The molecule has 2 aromatic rings. The highest BCUT2D eigenvalue weighted by atomic mass is 35.5. The summed E-state index contributed by atoms with van der Waals surface area (Å²) >= 11 is 7.44. The van der Waals surface area contributed by atoms with Crippen LogP contribution in [0.1, 0.15) is 11.8 Å². The highest BCUT2D eigenvalue weighted by Crippen LogP contribution is 2.30. The van der Waals surface area contributed by atoms with Gasteiger partial charge in [-0.15, -0.1) is 11.3 Å². The van der Waals surface area contributed by atoms with Crippen molar-refractivity contribution < 1.29 is 4.74 Å². The Morgan fingerprint density at radius 3 is 2.83 bits per heavy atom. The number of rotatable bonds is 5. The Morgan fingerprint density at radius 2 is 2.17 bits per heavy atom. The van der Waals surface area contributed by atoms with Crippen LogP contribution >= 0.6 is 22.9 Å². The predicted molar refractivity (Wildman–Crippen MR) is 78.7 cm³/mol. The molecule has 0 saturated carbocycles. The molecule has 0 aliphatic heterocycles. The van der Waals surface area contributed by atoms with Gasteiger partial charge in [0, 0.05) is 11.4 Å². The van der Waals surface area contributed by atoms with Crippen LogP contribution < -0.4 is 15.8 Å². The van der Waals surface area contributed by atoms with E-state index in [-0.39, 0.29) is 0 Å². The first kappa shape index (κ1) is 13.1. The molecule has 1 aromatic heterocycles. The largest absolute Gasteiger partial charge is 0.492 e. The van der Waals surface area contributed by atoms with Crippen molar-refractivity contribution in [3.8, 4) is 5.75 Å². The second-order valence-corrected chi connectivity index (χ2v) is 5.51. The number of ether oxygens (including phenoxy) is 1. The van der Waals surface area contributed by atoms with Crippen molar-refractivity contribution in [2.75, 3.05) is 17.7 Å². The van der Waals surface area contributed by atoms with Gasteiger partial charge in [-0.1, -0.05) is 17.7 Å². The maximum Gasteiger partial charge on any atom is 0.144 e. The third-order valence-electron chi connectivity index (χ3n) is 2.45. The number of para-hydroxylation sites is 1. The summed E-state index contributed by atoms with van der Waals surface area (Å²) in [5.41, 5.74) is 7.55. The molecule has 1 heterocycles. The number of benzene rings is 1. The highest BCUT2D eigenvalue weighted by Gasteiger charge is 2.05. The number of nitrogen functional groups attached to an aromatic ring is 1. The minimum Gasteiger partial charge on any atom is -0.492 e. The van der Waals surface area contributed by atoms with Crippen LogP contribution in [-0.4, -0.2) is 6.61 Å². The van der Waals surface area contributed by atoms with Crippen LogP contribution in [0.4, 0.5) is 11.4 Å². The van der Waals surface area contributed by atoms with Crippen LogP contribution in [0.15, 0.2) is 30.3 Å². The van der Waals surface area contributed by atoms with E-state index in [2.05, 4.69) is 5.32 Å². The van der Waals surface area contributed by atoms with Crippen molar-refractivity contribution in [1.29, 1.82) is 0 Å². The summed E-state index contributed by atoms with van der Waals surface area (Å²) in [5, 5.41) is 3.29. The molecule has 0 bridgehead atoms. The zero-order valence-corrected chi connectivity index (χ0v) is 11.6. The van der Waals surface area contributed by atoms with E-state index in [0.717, 1.165) is 10.0 Å². The second kappa shape index (κ2) is 5.98. The maximum atomic E-state index is 6.03. The van der Waals surface area contributed by atoms with Gasteiger partial charge in [-0.3, -0.25) is 0 Å². The van der Waals surface area contributed by atoms with Crippen molar-refractivity contribution in [1.82, 2.24) is 0 Å². The zero-order valence-electron chi connectivity index (χ0n) is 10.1. The number of nitrogens with one attached hydrogen (secondary N) is 1. The van der Waals surface area contributed by atoms with Crippen molar-refractivity contribution in [2.45, 2.75) is 13.5 Å². The lowest BCUT2D eigenvalue weighted by Crippen LogP contribution is -2.03. The van der Waals surface area contributed by atoms with Gasteiger partial charge in [0.25, 0.3) is 0 Å². The minimum absolute atomic E-state index is 0.605. The monoisotopic (exact) mass is 282 g/mol. The van der Waals surface area contributed by atoms with E-state index in [4.69, 9.17) is 22.1 Å². The molecule has 1 aromatic carbocycles. The number of anilines is 2. The molecule has 2 rings (SSSR count). The van der Waals surface area contributed by atoms with Gasteiger partial charge in [-0.25, -0.2) is 0 Å². The van der Waals surface area contributed by atoms with Crippen LogP contribution in [0.5, 0.6) is 5.75 Å². The van der Waals surface area contributed by atoms with E-state index in [9.17, 15) is 0 Å². The summed E-state index contributed by atoms with van der Waals surface area (Å²) in [6, 6.07) is 9.62. The van der Waals surface area contributed by atoms with Crippen LogP contribution in [-0.2, 0) is 6.54 Å². The van der Waals surface area contributed by atoms with Gasteiger partial charge in [0.15, 0.2) is 0 Å². The Morgan fingerprint density at radius 1 is 1.33 bits per heavy atom. The van der Waals surface area contributed by atoms with Crippen molar-refractivity contribution in [3.63, 3.8) is 0 Å². The fourth-order valence-electron chi connectivity index (χ4n) is 1.61. The molecule has 18 heavy (non-hydrogen) atoms. The smallest absolute Gasteiger partial charge is 0.144 e. The van der Waals surface area contributed by atoms with Crippen LogP contribution in [0.25, 0.3) is 0 Å². The lowest BCUT2D eigenvalue weighted by molar-refractivity contribution is 0.342. The molecule has 0 aliphatic carbocycles. The lowest BCUT2D eigenvalue weighted by atomic mass is 10.2. The first-order valence-electron chi connectivity index (χ1n) is 5.70. The molecule has 96 valence electrons. The summed E-state index contributed by atoms with van der Waals surface area (Å²) in [4.78, 5) is 1.17. The predicted octanol–water partition coefficient (Wildman–Crippen LogP) is 3.99. The molecule has 0 spiro atoms. The molecule has 0 fully saturated rings. The van der Waals surface area contributed by atoms with E-state index in [1.165, 1.54) is 4.88 Å². The van der Waals surface area contributed by atoms with Gasteiger partial charge in [0.05, 0.1) is 22.3 Å². The van der Waals surface area contributed by atoms with E-state index in [1.54, 1.807) is 11.3 Å². The molecule has 0 amide bonds. The molecule has 3 N–H and O–H groups in total. The summed E-state index contributed by atoms with van der Waals surface area (Å²) < 4.78 is 6.24. The molecular weight excluding hydrogens is 268 g/mol. The number of hydrogen-bond donors (Lipinski definition) is 2. The summed E-state index contributed by atoms with van der Waals surface area (Å²) in [5.74, 6) is 0.715. The molecule has 0 aliphatic rings. The standard InChI is InChI=1S/C13H15ClN2OS/c1-2-17-11-5-3-4-10(13(11)15)16-8-9-6-7-12(14)18-9/h3-7,16H,2,8,15H2,1H3. The molecule has 0 saturated heterocycles. The quantitative estimate of drug-likeness (QED) is 0.815. The van der Waals surface area contributed by atoms with Gasteiger partial charge < -0.3 is 15.8 Å². The van der Waals surface area contributed by atoms with E-state index >= 15 is 0 Å². The Bertz CT molecular complexity index is 527. The van der Waals surface area contributed by atoms with E-state index < -0.39 is 0 Å². The Hall–Kier alpha value is -1.39. The van der Waals surface area contributed by atoms with Crippen LogP contribution in [0, 0.1) is 0 Å². The van der Waals surface area contributed by atoms with Gasteiger partial charge >= 0.3 is 0 Å². The maximum absolute atomic E-state index is 6.03. The van der Waals surface area contributed by atoms with Crippen molar-refractivity contribution in [3.05, 3.63) is 39.5 Å². The average Bonchev–Trinajstić information content (AvgIpc) is 2.77. The molecule has 0 atom stereocenters. The minimum atomic E-state index is 0.605. The Kier molecular flexibility index (Phi) is 4.33. The van der Waals surface area contributed by atoms with Gasteiger partial charge in [0.1, 0.15) is 5.75 Å². The summed E-state index contributed by atoms with van der Waals surface area (Å²) in [6.45, 7) is 3.25. The molecule has 0 radical (unpaired) electrons. The molecule has 0 unspecified atom stereocenters. The first-order valence-corrected chi connectivity index (χ1v) is 6.89. The van der Waals surface area contributed by atoms with Gasteiger partial charge in [-0.05, 0) is 31.2 Å². The number of nitrogens with two attached hydrogens (primary N) is 1. The van der Waals surface area contributed by atoms with Crippen molar-refractivity contribution >= 4 is 34.3 Å². The highest BCUT2D eigenvalue weighted by molar-refractivity contribution is 7.16. The number of thiophene rings is 1. The van der Waals surface area contributed by atoms with Gasteiger partial charge in [-0.2, -0.15) is 0 Å². The fraction of sp³-hybridized carbons (Fsp3) is 0.231. The number of hydrogen-bond acceptors (Lipinski definition) is 4. The first-order chi connectivity index (χ1) is 8.70. The Labute approximate surface area is 116 Å². The van der Waals surface area contributed by atoms with Crippen molar-refractivity contribution in [2.24, 2.45) is 0 Å². The third kappa shape index (κ3) is 3.09. The second-order valence-electron chi connectivity index (χ2n) is 3.71. The Balaban J connectivity index is 2.07. The lowest BCUT2D eigenvalue weighted by Gasteiger charge is -2.12. The summed E-state index contributed by atoms with van der Waals surface area (Å²) in [6.07, 6.45) is 0. The topological polar surface area (TPSA) is 47.3 Å². The van der Waals surface area contributed by atoms with E-state index in [1.807, 2.05) is 37.3 Å². The van der Waals surface area contributed by atoms with Crippen LogP contribution in [0.2, 0.25) is 4.34 Å². The SMILES string of the molecule is CCOc1cccc(NCc2ccc(Cl)s2)c1N. The molecule has 5 heteroatoms. The molecule has 3 nitrogen and oxygen atoms in total. The average molecular weight is 283 g/mol. The molecular formula is C13H15ClN2OS. The zero-order chi connectivity index (χ0) is 13.0. The normalized spacial score (nSPS) is 10.3. The number of halogens is 1. The van der Waals surface area contributed by atoms with Gasteiger partial charge in [0.2, 0.25) is 0 Å². The summed E-state index contributed by atoms with van der Waals surface area (Å²) in [7, 11) is 0.